The maximum atomic E-state index is 14.9. The van der Waals surface area contributed by atoms with E-state index in [0.717, 1.165) is 44.4 Å². The van der Waals surface area contributed by atoms with Crippen LogP contribution in [0.15, 0.2) is 55.1 Å². The molecule has 5 aromatic rings. The van der Waals surface area contributed by atoms with Crippen molar-refractivity contribution in [2.45, 2.75) is 164 Å². The summed E-state index contributed by atoms with van der Waals surface area (Å²) in [6.07, 6.45) is 8.50. The average Bonchev–Trinajstić information content (AvgIpc) is 4.37. The van der Waals surface area contributed by atoms with Crippen molar-refractivity contribution in [3.05, 3.63) is 83.5 Å². The van der Waals surface area contributed by atoms with Gasteiger partial charge in [0.25, 0.3) is 0 Å². The van der Waals surface area contributed by atoms with Crippen LogP contribution in [0.1, 0.15) is 126 Å². The van der Waals surface area contributed by atoms with Crippen LogP contribution in [0, 0.1) is 39.8 Å². The van der Waals surface area contributed by atoms with Crippen LogP contribution < -0.4 is 11.5 Å². The van der Waals surface area contributed by atoms with Crippen molar-refractivity contribution in [1.82, 2.24) is 29.2 Å². The zero-order chi connectivity index (χ0) is 55.0. The van der Waals surface area contributed by atoms with Crippen LogP contribution in [0.5, 0.6) is 0 Å². The highest BCUT2D eigenvalue weighted by molar-refractivity contribution is 7.48. The summed E-state index contributed by atoms with van der Waals surface area (Å²) >= 11 is 0. The first-order valence-electron chi connectivity index (χ1n) is 26.2. The average molecular weight is 1090 g/mol. The lowest BCUT2D eigenvalue weighted by molar-refractivity contribution is -0.0802. The molecule has 0 aliphatic carbocycles. The maximum Gasteiger partial charge on any atom is 0.475 e. The number of aliphatic hydroxyl groups is 4. The van der Waals surface area contributed by atoms with Gasteiger partial charge in [0.1, 0.15) is 90.4 Å². The number of phosphoric acid groups is 1. The van der Waals surface area contributed by atoms with Gasteiger partial charge < -0.3 is 50.8 Å². The van der Waals surface area contributed by atoms with Crippen molar-refractivity contribution in [2.24, 2.45) is 0 Å². The minimum atomic E-state index is -5.00. The van der Waals surface area contributed by atoms with Gasteiger partial charge in [-0.05, 0) is 48.4 Å². The second kappa shape index (κ2) is 27.7. The van der Waals surface area contributed by atoms with E-state index in [9.17, 15) is 45.2 Å². The fourth-order valence-electron chi connectivity index (χ4n) is 9.60. The molecule has 2 fully saturated rings. The molecule has 1 aromatic carbocycles. The molecule has 7 rings (SSSR count). The number of ether oxygens (including phenoxy) is 4. The maximum absolute atomic E-state index is 14.9. The van der Waals surface area contributed by atoms with E-state index in [2.05, 4.69) is 27.1 Å². The fourth-order valence-corrected chi connectivity index (χ4v) is 10.8. The standard InChI is InChI=1S/C52H69FN11O12P/c1-2-3-4-5-6-7-8-9-10-11-12-13-14-15-16-23-70-27-37(71-26-35-17-18-36(25-54)38(53)24-35)28-72-77(69,73-29-41-45(65)47(67)51(31-55,75-41)43-21-19-39-49(57)59-33-61-63(39)43)74-30-42-46(66)48(68)52(32-56,76-42)44-22-20-40-50(58)60-34-62-64(40)44/h17-22,24,33-34,37,41-42,45-48,65-68H,2-16,23,26-30H2,1H3,(H2,57,59,61)(H2,58,60,62)/t37-,41-,42-,45-,46-,47-,48-,51+,52+/m1/s1. The van der Waals surface area contributed by atoms with Gasteiger partial charge >= 0.3 is 7.82 Å². The van der Waals surface area contributed by atoms with E-state index in [1.54, 1.807) is 6.07 Å². The zero-order valence-corrected chi connectivity index (χ0v) is 44.0. The number of fused-ring (bicyclic) bond motifs is 2. The molecular weight excluding hydrogens is 1020 g/mol. The molecule has 6 heterocycles. The largest absolute Gasteiger partial charge is 0.475 e. The van der Waals surface area contributed by atoms with Gasteiger partial charge in [0.15, 0.2) is 11.6 Å². The number of nitriles is 3. The number of aliphatic hydroxyl groups excluding tert-OH is 4. The Morgan fingerprint density at radius 3 is 1.64 bits per heavy atom. The lowest BCUT2D eigenvalue weighted by atomic mass is 9.92. The molecule has 0 amide bonds. The molecule has 77 heavy (non-hydrogen) atoms. The van der Waals surface area contributed by atoms with E-state index in [1.165, 1.54) is 116 Å². The number of aromatic nitrogens is 6. The molecule has 23 nitrogen and oxygen atoms in total. The molecule has 9 atom stereocenters. The van der Waals surface area contributed by atoms with Crippen molar-refractivity contribution in [3.63, 3.8) is 0 Å². The number of rotatable bonds is 32. The Balaban J connectivity index is 1.03. The second-order valence-electron chi connectivity index (χ2n) is 19.4. The molecule has 416 valence electrons. The van der Waals surface area contributed by atoms with Crippen LogP contribution in [0.4, 0.5) is 16.0 Å². The van der Waals surface area contributed by atoms with E-state index >= 15 is 0 Å². The van der Waals surface area contributed by atoms with E-state index in [-0.39, 0.29) is 52.8 Å². The van der Waals surface area contributed by atoms with Gasteiger partial charge in [-0.1, -0.05) is 103 Å². The third-order valence-corrected chi connectivity index (χ3v) is 15.4. The van der Waals surface area contributed by atoms with Gasteiger partial charge in [-0.2, -0.15) is 26.0 Å². The molecule has 0 bridgehead atoms. The van der Waals surface area contributed by atoms with E-state index < -0.39 is 87.4 Å². The minimum Gasteiger partial charge on any atom is -0.387 e. The van der Waals surface area contributed by atoms with Crippen LogP contribution >= 0.6 is 7.82 Å². The summed E-state index contributed by atoms with van der Waals surface area (Å²) in [7, 11) is -5.00. The molecule has 2 aliphatic rings. The molecule has 25 heteroatoms. The van der Waals surface area contributed by atoms with Crippen LogP contribution in [0.25, 0.3) is 11.0 Å². The summed E-state index contributed by atoms with van der Waals surface area (Å²) < 4.78 is 73.8. The zero-order valence-electron chi connectivity index (χ0n) is 43.1. The monoisotopic (exact) mass is 1090 g/mol. The number of benzene rings is 1. The topological polar surface area (TPSA) is 346 Å². The lowest BCUT2D eigenvalue weighted by Crippen LogP contribution is -2.41. The van der Waals surface area contributed by atoms with Gasteiger partial charge in [0, 0.05) is 6.61 Å². The number of hydrogen-bond donors (Lipinski definition) is 6. The van der Waals surface area contributed by atoms with Crippen LogP contribution in [-0.4, -0.2) is 125 Å². The third kappa shape index (κ3) is 13.9. The highest BCUT2D eigenvalue weighted by Crippen LogP contribution is 2.52. The van der Waals surface area contributed by atoms with Gasteiger partial charge in [0.2, 0.25) is 11.2 Å². The summed E-state index contributed by atoms with van der Waals surface area (Å²) in [5.41, 5.74) is 8.20. The quantitative estimate of drug-likeness (QED) is 0.0214. The van der Waals surface area contributed by atoms with Gasteiger partial charge in [-0.25, -0.2) is 28.0 Å². The first-order valence-corrected chi connectivity index (χ1v) is 27.7. The third-order valence-electron chi connectivity index (χ3n) is 14.0. The van der Waals surface area contributed by atoms with Crippen molar-refractivity contribution in [3.8, 4) is 18.2 Å². The van der Waals surface area contributed by atoms with E-state index in [4.69, 9.17) is 44.0 Å². The van der Waals surface area contributed by atoms with Gasteiger partial charge in [-0.3, -0.25) is 13.6 Å². The molecule has 2 saturated heterocycles. The smallest absolute Gasteiger partial charge is 0.387 e. The van der Waals surface area contributed by atoms with Crippen molar-refractivity contribution in [2.75, 3.05) is 44.5 Å². The SMILES string of the molecule is CCCCCCCCCCCCCCCCCOC[C@H](COP(=O)(OC[C@H]1O[C@@](C#N)(c2ccc3c(N)ncnn23)[C@H](O)[C@@H]1O)OC[C@H]1O[C@@](C#N)(c2ccc3c(N)ncnn23)[C@H](O)[C@@H]1O)OCc1ccc(C#N)c(F)c1. The summed E-state index contributed by atoms with van der Waals surface area (Å²) in [5, 5.41) is 84.1. The Kier molecular flexibility index (Phi) is 21.2. The number of hydrogen-bond acceptors (Lipinski definition) is 21. The summed E-state index contributed by atoms with van der Waals surface area (Å²) in [6.45, 7) is 0.00569. The van der Waals surface area contributed by atoms with E-state index in [0.29, 0.717) is 12.2 Å². The Morgan fingerprint density at radius 1 is 0.701 bits per heavy atom. The highest BCUT2D eigenvalue weighted by atomic mass is 31.2. The summed E-state index contributed by atoms with van der Waals surface area (Å²) in [6, 6.07) is 15.4. The predicted octanol–water partition coefficient (Wildman–Crippen LogP) is 5.96. The van der Waals surface area contributed by atoms with Crippen LogP contribution in [0.2, 0.25) is 0 Å². The molecular formula is C52H69FN11O12P. The Hall–Kier alpha value is -5.75. The predicted molar refractivity (Wildman–Crippen MR) is 274 cm³/mol. The number of nitrogen functional groups attached to an aromatic ring is 2. The molecule has 2 aliphatic heterocycles. The fraction of sp³-hybridized carbons (Fsp3) is 0.596. The van der Waals surface area contributed by atoms with Crippen molar-refractivity contribution >= 4 is 30.5 Å². The molecule has 0 unspecified atom stereocenters. The molecule has 0 radical (unpaired) electrons. The number of nitrogens with zero attached hydrogens (tertiary/aromatic N) is 9. The second-order valence-corrected chi connectivity index (χ2v) is 21.1. The number of nitrogens with two attached hydrogens (primary N) is 2. The molecule has 8 N–H and O–H groups in total. The lowest BCUT2D eigenvalue weighted by Gasteiger charge is -2.26. The number of anilines is 2. The minimum absolute atomic E-state index is 0.0165. The molecule has 0 spiro atoms. The number of phosphoric ester groups is 1. The van der Waals surface area contributed by atoms with Crippen LogP contribution in [0.3, 0.4) is 0 Å². The van der Waals surface area contributed by atoms with Crippen molar-refractivity contribution < 1.29 is 61.9 Å². The van der Waals surface area contributed by atoms with Gasteiger partial charge in [0.05, 0.1) is 50.0 Å². The van der Waals surface area contributed by atoms with E-state index in [1.807, 2.05) is 12.1 Å². The summed E-state index contributed by atoms with van der Waals surface area (Å²) in [5.74, 6) is -0.646. The van der Waals surface area contributed by atoms with Gasteiger partial charge in [-0.15, -0.1) is 0 Å². The van der Waals surface area contributed by atoms with Crippen LogP contribution in [-0.2, 0) is 54.9 Å². The first-order chi connectivity index (χ1) is 37.2. The number of unbranched alkanes of at least 4 members (excludes halogenated alkanes) is 14. The molecule has 4 aromatic heterocycles. The Morgan fingerprint density at radius 2 is 1.18 bits per heavy atom. The highest BCUT2D eigenvalue weighted by Gasteiger charge is 2.59. The first kappa shape index (κ1) is 58.9. The van der Waals surface area contributed by atoms with Crippen molar-refractivity contribution in [1.29, 1.82) is 15.8 Å². The Labute approximate surface area is 446 Å². The normalized spacial score (nSPS) is 23.8. The Bertz CT molecular complexity index is 2760. The molecule has 0 saturated carbocycles. The number of halogens is 1. The summed E-state index contributed by atoms with van der Waals surface area (Å²) in [4.78, 5) is 7.88.